The van der Waals surface area contributed by atoms with E-state index >= 15 is 0 Å². The summed E-state index contributed by atoms with van der Waals surface area (Å²) in [6.07, 6.45) is 3.36. The second-order valence-electron chi connectivity index (χ2n) is 4.25. The Hall–Kier alpha value is -1.88. The molecule has 0 aromatic carbocycles. The van der Waals surface area contributed by atoms with Gasteiger partial charge < -0.3 is 5.73 Å². The van der Waals surface area contributed by atoms with Gasteiger partial charge in [0.25, 0.3) is 0 Å². The highest BCUT2D eigenvalue weighted by molar-refractivity contribution is 6.35. The molecular formula is C12H14ClN5. The fraction of sp³-hybridized carbons (Fsp3) is 0.250. The van der Waals surface area contributed by atoms with Gasteiger partial charge in [0.1, 0.15) is 5.84 Å². The van der Waals surface area contributed by atoms with Crippen molar-refractivity contribution in [2.75, 3.05) is 0 Å². The van der Waals surface area contributed by atoms with Gasteiger partial charge in [0.05, 0.1) is 10.7 Å². The van der Waals surface area contributed by atoms with Crippen LogP contribution in [0.15, 0.2) is 24.5 Å². The summed E-state index contributed by atoms with van der Waals surface area (Å²) in [6, 6.07) is 3.53. The maximum atomic E-state index is 7.44. The molecule has 0 radical (unpaired) electrons. The molecule has 94 valence electrons. The Balaban J connectivity index is 2.50. The lowest BCUT2D eigenvalue weighted by molar-refractivity contribution is 0.758. The lowest BCUT2D eigenvalue weighted by Gasteiger charge is -2.07. The van der Waals surface area contributed by atoms with E-state index in [2.05, 4.69) is 23.9 Å². The summed E-state index contributed by atoms with van der Waals surface area (Å²) in [6.45, 7) is 4.13. The van der Waals surface area contributed by atoms with Gasteiger partial charge in [-0.1, -0.05) is 25.4 Å². The molecule has 0 bridgehead atoms. The molecule has 0 unspecified atom stereocenters. The van der Waals surface area contributed by atoms with Gasteiger partial charge in [-0.25, -0.2) is 9.67 Å². The number of pyridine rings is 1. The molecule has 0 saturated carbocycles. The van der Waals surface area contributed by atoms with E-state index in [1.165, 1.54) is 0 Å². The number of nitrogen functional groups attached to an aromatic ring is 1. The predicted octanol–water partition coefficient (Wildman–Crippen LogP) is 2.33. The maximum absolute atomic E-state index is 7.44. The van der Waals surface area contributed by atoms with E-state index in [1.807, 2.05) is 6.07 Å². The van der Waals surface area contributed by atoms with Crippen molar-refractivity contribution in [3.05, 3.63) is 40.8 Å². The number of halogens is 1. The predicted molar refractivity (Wildman–Crippen MR) is 71.5 cm³/mol. The second-order valence-corrected chi connectivity index (χ2v) is 4.63. The highest BCUT2D eigenvalue weighted by atomic mass is 35.5. The number of nitrogens with one attached hydrogen (secondary N) is 1. The summed E-state index contributed by atoms with van der Waals surface area (Å²) in [4.78, 5) is 4.18. The molecule has 5 nitrogen and oxygen atoms in total. The van der Waals surface area contributed by atoms with E-state index in [4.69, 9.17) is 22.7 Å². The van der Waals surface area contributed by atoms with Gasteiger partial charge in [0.2, 0.25) is 0 Å². The normalized spacial score (nSPS) is 10.9. The molecule has 0 aliphatic heterocycles. The summed E-state index contributed by atoms with van der Waals surface area (Å²) in [5.41, 5.74) is 6.88. The van der Waals surface area contributed by atoms with Crippen LogP contribution in [0.3, 0.4) is 0 Å². The number of nitrogens with zero attached hydrogens (tertiary/aromatic N) is 3. The van der Waals surface area contributed by atoms with Crippen molar-refractivity contribution in [3.8, 4) is 5.82 Å². The Kier molecular flexibility index (Phi) is 3.34. The number of amidine groups is 1. The summed E-state index contributed by atoms with van der Waals surface area (Å²) >= 11 is 6.18. The molecule has 2 rings (SSSR count). The average Bonchev–Trinajstić information content (AvgIpc) is 2.78. The minimum atomic E-state index is -0.0834. The molecule has 0 fully saturated rings. The number of rotatable bonds is 3. The molecule has 6 heteroatoms. The fourth-order valence-corrected chi connectivity index (χ4v) is 1.86. The first-order valence-corrected chi connectivity index (χ1v) is 5.93. The van der Waals surface area contributed by atoms with Crippen LogP contribution >= 0.6 is 11.6 Å². The van der Waals surface area contributed by atoms with E-state index in [9.17, 15) is 0 Å². The fourth-order valence-electron chi connectivity index (χ4n) is 1.56. The molecular weight excluding hydrogens is 250 g/mol. The largest absolute Gasteiger partial charge is 0.384 e. The first-order chi connectivity index (χ1) is 8.50. The highest BCUT2D eigenvalue weighted by Gasteiger charge is 2.13. The molecule has 3 N–H and O–H groups in total. The topological polar surface area (TPSA) is 80.6 Å². The van der Waals surface area contributed by atoms with Gasteiger partial charge in [-0.2, -0.15) is 5.10 Å². The van der Waals surface area contributed by atoms with Crippen LogP contribution in [0, 0.1) is 5.41 Å². The van der Waals surface area contributed by atoms with Crippen LogP contribution in [0.25, 0.3) is 5.82 Å². The summed E-state index contributed by atoms with van der Waals surface area (Å²) in [5, 5.41) is 12.2. The average molecular weight is 264 g/mol. The quantitative estimate of drug-likeness (QED) is 0.659. The third kappa shape index (κ3) is 2.22. The Morgan fingerprint density at radius 1 is 1.44 bits per heavy atom. The Bertz CT molecular complexity index is 588. The van der Waals surface area contributed by atoms with Gasteiger partial charge in [0, 0.05) is 18.0 Å². The van der Waals surface area contributed by atoms with Crippen LogP contribution in [-0.2, 0) is 0 Å². The number of aromatic nitrogens is 3. The van der Waals surface area contributed by atoms with Crippen LogP contribution < -0.4 is 5.73 Å². The SMILES string of the molecule is CC(C)c1ccn(-c2nccc(C(=N)N)c2Cl)n1. The summed E-state index contributed by atoms with van der Waals surface area (Å²) < 4.78 is 1.60. The van der Waals surface area contributed by atoms with Crippen molar-refractivity contribution in [2.45, 2.75) is 19.8 Å². The van der Waals surface area contributed by atoms with Crippen LogP contribution in [0.1, 0.15) is 31.0 Å². The van der Waals surface area contributed by atoms with Crippen molar-refractivity contribution in [1.29, 1.82) is 5.41 Å². The zero-order chi connectivity index (χ0) is 13.3. The van der Waals surface area contributed by atoms with Crippen LogP contribution in [0.2, 0.25) is 5.02 Å². The minimum Gasteiger partial charge on any atom is -0.384 e. The van der Waals surface area contributed by atoms with E-state index in [0.717, 1.165) is 5.69 Å². The molecule has 0 saturated heterocycles. The molecule has 0 aliphatic rings. The molecule has 0 aliphatic carbocycles. The van der Waals surface area contributed by atoms with E-state index in [0.29, 0.717) is 22.3 Å². The third-order valence-corrected chi connectivity index (χ3v) is 2.95. The Morgan fingerprint density at radius 2 is 2.17 bits per heavy atom. The van der Waals surface area contributed by atoms with Gasteiger partial charge in [-0.3, -0.25) is 5.41 Å². The molecule has 18 heavy (non-hydrogen) atoms. The molecule has 0 spiro atoms. The third-order valence-electron chi connectivity index (χ3n) is 2.58. The molecule has 2 aromatic rings. The maximum Gasteiger partial charge on any atom is 0.172 e. The molecule has 0 atom stereocenters. The van der Waals surface area contributed by atoms with Gasteiger partial charge >= 0.3 is 0 Å². The monoisotopic (exact) mass is 263 g/mol. The molecule has 2 aromatic heterocycles. The standard InChI is InChI=1S/C12H14ClN5/c1-7(2)9-4-6-18(17-9)12-10(13)8(11(14)15)3-5-16-12/h3-7H,1-2H3,(H3,14,15). The van der Waals surface area contributed by atoms with Crippen molar-refractivity contribution in [3.63, 3.8) is 0 Å². The lowest BCUT2D eigenvalue weighted by atomic mass is 10.1. The van der Waals surface area contributed by atoms with Crippen molar-refractivity contribution >= 4 is 17.4 Å². The molecule has 0 amide bonds. The van der Waals surface area contributed by atoms with Crippen molar-refractivity contribution in [1.82, 2.24) is 14.8 Å². The lowest BCUT2D eigenvalue weighted by Crippen LogP contribution is -2.13. The highest BCUT2D eigenvalue weighted by Crippen LogP contribution is 2.22. The second kappa shape index (κ2) is 4.78. The van der Waals surface area contributed by atoms with Gasteiger partial charge in [0.15, 0.2) is 5.82 Å². The molecule has 2 heterocycles. The van der Waals surface area contributed by atoms with Crippen LogP contribution in [0.4, 0.5) is 0 Å². The number of nitrogens with two attached hydrogens (primary N) is 1. The van der Waals surface area contributed by atoms with Crippen molar-refractivity contribution in [2.24, 2.45) is 5.73 Å². The van der Waals surface area contributed by atoms with E-state index < -0.39 is 0 Å². The zero-order valence-corrected chi connectivity index (χ0v) is 10.9. The first kappa shape index (κ1) is 12.6. The van der Waals surface area contributed by atoms with Gasteiger partial charge in [-0.15, -0.1) is 0 Å². The number of hydrogen-bond donors (Lipinski definition) is 2. The van der Waals surface area contributed by atoms with Crippen molar-refractivity contribution < 1.29 is 0 Å². The smallest absolute Gasteiger partial charge is 0.172 e. The minimum absolute atomic E-state index is 0.0834. The Labute approximate surface area is 110 Å². The number of hydrogen-bond acceptors (Lipinski definition) is 3. The van der Waals surface area contributed by atoms with E-state index in [1.54, 1.807) is 23.1 Å². The first-order valence-electron chi connectivity index (χ1n) is 5.55. The summed E-state index contributed by atoms with van der Waals surface area (Å²) in [7, 11) is 0. The van der Waals surface area contributed by atoms with Gasteiger partial charge in [-0.05, 0) is 18.1 Å². The van der Waals surface area contributed by atoms with E-state index in [-0.39, 0.29) is 5.84 Å². The summed E-state index contributed by atoms with van der Waals surface area (Å²) in [5.74, 6) is 0.733. The Morgan fingerprint density at radius 3 is 2.72 bits per heavy atom. The van der Waals surface area contributed by atoms with Crippen LogP contribution in [-0.4, -0.2) is 20.6 Å². The zero-order valence-electron chi connectivity index (χ0n) is 10.2. The van der Waals surface area contributed by atoms with Crippen LogP contribution in [0.5, 0.6) is 0 Å².